The van der Waals surface area contributed by atoms with E-state index in [9.17, 15) is 4.79 Å². The van der Waals surface area contributed by atoms with Crippen LogP contribution in [0.2, 0.25) is 5.02 Å². The summed E-state index contributed by atoms with van der Waals surface area (Å²) >= 11 is 7.51. The Bertz CT molecular complexity index is 574. The smallest absolute Gasteiger partial charge is 0.271 e. The van der Waals surface area contributed by atoms with Gasteiger partial charge in [-0.2, -0.15) is 0 Å². The Hall–Kier alpha value is -1.66. The van der Waals surface area contributed by atoms with Crippen molar-refractivity contribution in [2.45, 2.75) is 19.9 Å². The zero-order valence-electron chi connectivity index (χ0n) is 11.0. The van der Waals surface area contributed by atoms with E-state index in [0.717, 1.165) is 17.8 Å². The molecule has 0 aliphatic rings. The van der Waals surface area contributed by atoms with Gasteiger partial charge < -0.3 is 10.6 Å². The summed E-state index contributed by atoms with van der Waals surface area (Å²) < 4.78 is 0. The first-order chi connectivity index (χ1) is 9.70. The fourth-order valence-corrected chi connectivity index (χ4v) is 2.26. The van der Waals surface area contributed by atoms with Crippen molar-refractivity contribution in [3.8, 4) is 0 Å². The van der Waals surface area contributed by atoms with Crippen LogP contribution in [0, 0.1) is 0 Å². The minimum absolute atomic E-state index is 0.234. The van der Waals surface area contributed by atoms with E-state index in [-0.39, 0.29) is 11.6 Å². The topological polar surface area (TPSA) is 66.9 Å². The molecule has 2 heterocycles. The second kappa shape index (κ2) is 7.21. The summed E-state index contributed by atoms with van der Waals surface area (Å²) in [4.78, 5) is 21.3. The van der Waals surface area contributed by atoms with E-state index in [0.29, 0.717) is 17.4 Å². The van der Waals surface area contributed by atoms with Crippen molar-refractivity contribution in [1.82, 2.24) is 15.3 Å². The third-order valence-corrected chi connectivity index (χ3v) is 3.61. The Kier molecular flexibility index (Phi) is 5.31. The molecule has 0 radical (unpaired) electrons. The lowest BCUT2D eigenvalue weighted by molar-refractivity contribution is 0.0946. The van der Waals surface area contributed by atoms with Crippen LogP contribution in [0.4, 0.5) is 5.82 Å². The van der Waals surface area contributed by atoms with E-state index in [1.807, 2.05) is 0 Å². The number of rotatable bonds is 6. The maximum atomic E-state index is 12.1. The van der Waals surface area contributed by atoms with Gasteiger partial charge in [0, 0.05) is 17.6 Å². The second-order valence-electron chi connectivity index (χ2n) is 4.10. The number of anilines is 1. The predicted octanol–water partition coefficient (Wildman–Crippen LogP) is 2.94. The Morgan fingerprint density at radius 3 is 3.00 bits per heavy atom. The summed E-state index contributed by atoms with van der Waals surface area (Å²) in [6.45, 7) is 3.29. The average molecular weight is 311 g/mol. The lowest BCUT2D eigenvalue weighted by atomic mass is 10.3. The molecule has 0 aromatic carbocycles. The quantitative estimate of drug-likeness (QED) is 0.861. The van der Waals surface area contributed by atoms with Gasteiger partial charge in [0.1, 0.15) is 11.5 Å². The maximum absolute atomic E-state index is 12.1. The van der Waals surface area contributed by atoms with Crippen LogP contribution in [0.15, 0.2) is 23.8 Å². The number of hydrogen-bond acceptors (Lipinski definition) is 5. The van der Waals surface area contributed by atoms with Crippen LogP contribution < -0.4 is 10.6 Å². The number of carbonyl (C=O) groups is 1. The molecule has 106 valence electrons. The van der Waals surface area contributed by atoms with Gasteiger partial charge >= 0.3 is 0 Å². The van der Waals surface area contributed by atoms with Crippen molar-refractivity contribution >= 4 is 34.7 Å². The SMILES string of the molecule is CCCNc1ccc(Cl)c(C(=O)NCc2cncs2)n1. The summed E-state index contributed by atoms with van der Waals surface area (Å²) in [6.07, 6.45) is 2.70. The van der Waals surface area contributed by atoms with E-state index in [1.54, 1.807) is 23.8 Å². The Morgan fingerprint density at radius 1 is 1.45 bits per heavy atom. The largest absolute Gasteiger partial charge is 0.370 e. The van der Waals surface area contributed by atoms with Crippen LogP contribution in [0.25, 0.3) is 0 Å². The fourth-order valence-electron chi connectivity index (χ4n) is 1.53. The summed E-state index contributed by atoms with van der Waals surface area (Å²) in [7, 11) is 0. The Morgan fingerprint density at radius 2 is 2.30 bits per heavy atom. The molecule has 0 saturated carbocycles. The lowest BCUT2D eigenvalue weighted by Gasteiger charge is -2.08. The minimum Gasteiger partial charge on any atom is -0.370 e. The number of hydrogen-bond donors (Lipinski definition) is 2. The van der Waals surface area contributed by atoms with Crippen molar-refractivity contribution in [2.24, 2.45) is 0 Å². The number of nitrogens with one attached hydrogen (secondary N) is 2. The Balaban J connectivity index is 2.04. The molecule has 0 bridgehead atoms. The first-order valence-corrected chi connectivity index (χ1v) is 7.52. The van der Waals surface area contributed by atoms with Crippen molar-refractivity contribution in [3.05, 3.63) is 39.4 Å². The molecule has 0 aliphatic carbocycles. The number of aromatic nitrogens is 2. The summed E-state index contributed by atoms with van der Waals surface area (Å²) in [5.41, 5.74) is 1.96. The second-order valence-corrected chi connectivity index (χ2v) is 5.48. The predicted molar refractivity (Wildman–Crippen MR) is 81.3 cm³/mol. The third-order valence-electron chi connectivity index (χ3n) is 2.52. The molecule has 2 aromatic rings. The highest BCUT2D eigenvalue weighted by atomic mass is 35.5. The van der Waals surface area contributed by atoms with Gasteiger partial charge in [-0.05, 0) is 18.6 Å². The molecule has 0 unspecified atom stereocenters. The molecular formula is C13H15ClN4OS. The van der Waals surface area contributed by atoms with Gasteiger partial charge in [-0.1, -0.05) is 18.5 Å². The van der Waals surface area contributed by atoms with Gasteiger partial charge in [0.2, 0.25) is 0 Å². The van der Waals surface area contributed by atoms with Gasteiger partial charge in [0.05, 0.1) is 17.1 Å². The molecule has 20 heavy (non-hydrogen) atoms. The van der Waals surface area contributed by atoms with Crippen molar-refractivity contribution in [3.63, 3.8) is 0 Å². The van der Waals surface area contributed by atoms with Crippen LogP contribution in [0.1, 0.15) is 28.7 Å². The number of carbonyl (C=O) groups excluding carboxylic acids is 1. The molecule has 0 aliphatic heterocycles. The van der Waals surface area contributed by atoms with E-state index >= 15 is 0 Å². The van der Waals surface area contributed by atoms with Crippen LogP contribution in [0.3, 0.4) is 0 Å². The number of thiazole rings is 1. The number of halogens is 1. The maximum Gasteiger partial charge on any atom is 0.271 e. The zero-order valence-corrected chi connectivity index (χ0v) is 12.6. The highest BCUT2D eigenvalue weighted by Crippen LogP contribution is 2.17. The van der Waals surface area contributed by atoms with Crippen LogP contribution in [-0.4, -0.2) is 22.4 Å². The average Bonchev–Trinajstić information content (AvgIpc) is 2.97. The van der Waals surface area contributed by atoms with E-state index in [4.69, 9.17) is 11.6 Å². The molecular weight excluding hydrogens is 296 g/mol. The lowest BCUT2D eigenvalue weighted by Crippen LogP contribution is -2.24. The molecule has 0 spiro atoms. The monoisotopic (exact) mass is 310 g/mol. The van der Waals surface area contributed by atoms with Gasteiger partial charge in [-0.25, -0.2) is 4.98 Å². The van der Waals surface area contributed by atoms with Crippen molar-refractivity contribution in [1.29, 1.82) is 0 Å². The highest BCUT2D eigenvalue weighted by molar-refractivity contribution is 7.09. The van der Waals surface area contributed by atoms with Crippen molar-refractivity contribution in [2.75, 3.05) is 11.9 Å². The first kappa shape index (κ1) is 14.7. The molecule has 2 rings (SSSR count). The van der Waals surface area contributed by atoms with Crippen LogP contribution in [0.5, 0.6) is 0 Å². The molecule has 0 fully saturated rings. The van der Waals surface area contributed by atoms with Crippen LogP contribution in [-0.2, 0) is 6.54 Å². The molecule has 0 atom stereocenters. The normalized spacial score (nSPS) is 10.3. The van der Waals surface area contributed by atoms with Gasteiger partial charge in [0.15, 0.2) is 0 Å². The molecule has 7 heteroatoms. The molecule has 2 N–H and O–H groups in total. The Labute approximate surface area is 126 Å². The molecule has 1 amide bonds. The summed E-state index contributed by atoms with van der Waals surface area (Å²) in [5.74, 6) is 0.364. The molecule has 5 nitrogen and oxygen atoms in total. The third kappa shape index (κ3) is 3.91. The standard InChI is InChI=1S/C13H15ClN4OS/c1-2-5-16-11-4-3-10(14)12(18-11)13(19)17-7-9-6-15-8-20-9/h3-4,6,8H,2,5,7H2,1H3,(H,16,18)(H,17,19). The van der Waals surface area contributed by atoms with Crippen molar-refractivity contribution < 1.29 is 4.79 Å². The fraction of sp³-hybridized carbons (Fsp3) is 0.308. The van der Waals surface area contributed by atoms with E-state index in [2.05, 4.69) is 27.5 Å². The number of pyridine rings is 1. The molecule has 0 saturated heterocycles. The summed E-state index contributed by atoms with van der Waals surface area (Å²) in [6, 6.07) is 3.44. The zero-order chi connectivity index (χ0) is 14.4. The first-order valence-electron chi connectivity index (χ1n) is 6.26. The number of nitrogens with zero attached hydrogens (tertiary/aromatic N) is 2. The van der Waals surface area contributed by atoms with Gasteiger partial charge in [-0.15, -0.1) is 11.3 Å². The molecule has 2 aromatic heterocycles. The highest BCUT2D eigenvalue weighted by Gasteiger charge is 2.13. The van der Waals surface area contributed by atoms with E-state index in [1.165, 1.54) is 11.3 Å². The van der Waals surface area contributed by atoms with E-state index < -0.39 is 0 Å². The van der Waals surface area contributed by atoms with Gasteiger partial charge in [0.25, 0.3) is 5.91 Å². The van der Waals surface area contributed by atoms with Crippen LogP contribution >= 0.6 is 22.9 Å². The number of amides is 1. The van der Waals surface area contributed by atoms with Gasteiger partial charge in [-0.3, -0.25) is 9.78 Å². The summed E-state index contributed by atoms with van der Waals surface area (Å²) in [5, 5.41) is 6.25. The minimum atomic E-state index is -0.288.